The van der Waals surface area contributed by atoms with Gasteiger partial charge in [-0.2, -0.15) is 4.37 Å². The number of piperazine rings is 1. The summed E-state index contributed by atoms with van der Waals surface area (Å²) < 4.78 is 4.22. The summed E-state index contributed by atoms with van der Waals surface area (Å²) in [5.74, 6) is 1.78. The first-order valence-electron chi connectivity index (χ1n) is 9.14. The van der Waals surface area contributed by atoms with Crippen LogP contribution in [0.4, 0.5) is 0 Å². The second-order valence-corrected chi connectivity index (χ2v) is 7.16. The van der Waals surface area contributed by atoms with Gasteiger partial charge in [0.05, 0.1) is 5.71 Å². The summed E-state index contributed by atoms with van der Waals surface area (Å²) in [4.78, 5) is 6.49. The number of phenolic OH excluding ortho intramolecular Hbond substituents is 1. The van der Waals surface area contributed by atoms with Gasteiger partial charge in [0.25, 0.3) is 0 Å². The van der Waals surface area contributed by atoms with E-state index in [9.17, 15) is 5.11 Å². The van der Waals surface area contributed by atoms with Crippen LogP contribution < -0.4 is 5.32 Å². The highest BCUT2D eigenvalue weighted by Crippen LogP contribution is 2.27. The molecule has 2 aliphatic rings. The Kier molecular flexibility index (Phi) is 5.26. The molecule has 1 aromatic carbocycles. The smallest absolute Gasteiger partial charge is 0.172 e. The molecule has 1 fully saturated rings. The summed E-state index contributed by atoms with van der Waals surface area (Å²) >= 11 is 1.29. The van der Waals surface area contributed by atoms with Gasteiger partial charge < -0.3 is 15.3 Å². The number of amidine groups is 1. The highest BCUT2D eigenvalue weighted by atomic mass is 32.1. The first kappa shape index (κ1) is 17.8. The van der Waals surface area contributed by atoms with Gasteiger partial charge in [-0.05, 0) is 36.2 Å². The van der Waals surface area contributed by atoms with Gasteiger partial charge in [-0.1, -0.05) is 18.6 Å². The molecular weight excluding hydrogens is 360 g/mol. The highest BCUT2D eigenvalue weighted by molar-refractivity contribution is 7.03. The number of aromatic nitrogens is 2. The van der Waals surface area contributed by atoms with Crippen molar-refractivity contribution in [3.05, 3.63) is 40.9 Å². The Morgan fingerprint density at radius 1 is 1.22 bits per heavy atom. The molecule has 2 aliphatic heterocycles. The third-order valence-electron chi connectivity index (χ3n) is 4.83. The Hall–Kier alpha value is -2.58. The molecule has 1 aromatic heterocycles. The minimum Gasteiger partial charge on any atom is -0.507 e. The fourth-order valence-electron chi connectivity index (χ4n) is 3.27. The van der Waals surface area contributed by atoms with Crippen LogP contribution in [-0.2, 0) is 0 Å². The fourth-order valence-corrected chi connectivity index (χ4v) is 3.71. The van der Waals surface area contributed by atoms with Gasteiger partial charge in [-0.15, -0.1) is 10.2 Å². The highest BCUT2D eigenvalue weighted by Gasteiger charge is 2.19. The topological polar surface area (TPSA) is 86.0 Å². The summed E-state index contributed by atoms with van der Waals surface area (Å²) in [6, 6.07) is 5.45. The zero-order valence-electron chi connectivity index (χ0n) is 15.2. The van der Waals surface area contributed by atoms with Crippen molar-refractivity contribution in [1.29, 1.82) is 0 Å². The molecule has 27 heavy (non-hydrogen) atoms. The number of allylic oxidation sites excluding steroid dienone is 1. The van der Waals surface area contributed by atoms with Crippen LogP contribution in [0, 0.1) is 0 Å². The molecule has 0 aliphatic carbocycles. The molecular formula is C19H22N6OS. The van der Waals surface area contributed by atoms with E-state index in [-0.39, 0.29) is 5.75 Å². The van der Waals surface area contributed by atoms with Crippen molar-refractivity contribution >= 4 is 23.1 Å². The SMILES string of the molecule is CCC1=CC(c2ccc(-c3ncsn3)cc2O)=NN=C(N2CCNCC2)C1. The number of phenols is 1. The maximum absolute atomic E-state index is 10.6. The summed E-state index contributed by atoms with van der Waals surface area (Å²) in [7, 11) is 0. The molecule has 4 rings (SSSR count). The van der Waals surface area contributed by atoms with Crippen LogP contribution in [0.25, 0.3) is 11.4 Å². The molecule has 140 valence electrons. The van der Waals surface area contributed by atoms with Gasteiger partial charge in [-0.3, -0.25) is 0 Å². The Balaban J connectivity index is 1.67. The molecule has 0 bridgehead atoms. The monoisotopic (exact) mass is 382 g/mol. The van der Waals surface area contributed by atoms with Crippen molar-refractivity contribution in [2.75, 3.05) is 26.2 Å². The van der Waals surface area contributed by atoms with Crippen molar-refractivity contribution in [1.82, 2.24) is 19.6 Å². The second-order valence-electron chi connectivity index (χ2n) is 6.56. The number of hydrogen-bond donors (Lipinski definition) is 2. The fraction of sp³-hybridized carbons (Fsp3) is 0.368. The molecule has 0 amide bonds. The van der Waals surface area contributed by atoms with Crippen LogP contribution in [0.5, 0.6) is 5.75 Å². The minimum atomic E-state index is 0.161. The van der Waals surface area contributed by atoms with E-state index in [0.29, 0.717) is 17.1 Å². The Morgan fingerprint density at radius 3 is 2.78 bits per heavy atom. The third-order valence-corrected chi connectivity index (χ3v) is 5.31. The van der Waals surface area contributed by atoms with Gasteiger partial charge in [0.1, 0.15) is 17.1 Å². The van der Waals surface area contributed by atoms with Crippen LogP contribution >= 0.6 is 11.5 Å². The van der Waals surface area contributed by atoms with Crippen molar-refractivity contribution in [2.24, 2.45) is 10.2 Å². The van der Waals surface area contributed by atoms with E-state index >= 15 is 0 Å². The maximum atomic E-state index is 10.6. The number of hydrogen-bond acceptors (Lipinski definition) is 8. The lowest BCUT2D eigenvalue weighted by Crippen LogP contribution is -2.46. The third kappa shape index (κ3) is 3.91. The lowest BCUT2D eigenvalue weighted by Gasteiger charge is -2.29. The molecule has 7 nitrogen and oxygen atoms in total. The van der Waals surface area contributed by atoms with Crippen LogP contribution in [0.1, 0.15) is 25.3 Å². The zero-order chi connectivity index (χ0) is 18.6. The summed E-state index contributed by atoms with van der Waals surface area (Å²) in [5.41, 5.74) is 5.08. The maximum Gasteiger partial charge on any atom is 0.172 e. The average molecular weight is 382 g/mol. The van der Waals surface area contributed by atoms with Crippen LogP contribution in [0.3, 0.4) is 0 Å². The number of nitrogens with zero attached hydrogens (tertiary/aromatic N) is 5. The molecule has 0 spiro atoms. The molecule has 0 saturated carbocycles. The van der Waals surface area contributed by atoms with Crippen LogP contribution in [-0.4, -0.2) is 57.1 Å². The van der Waals surface area contributed by atoms with Gasteiger partial charge >= 0.3 is 0 Å². The molecule has 0 atom stereocenters. The number of nitrogens with one attached hydrogen (secondary N) is 1. The molecule has 8 heteroatoms. The van der Waals surface area contributed by atoms with Gasteiger partial charge in [0.2, 0.25) is 0 Å². The second kappa shape index (κ2) is 7.98. The molecule has 2 N–H and O–H groups in total. The largest absolute Gasteiger partial charge is 0.507 e. The average Bonchev–Trinajstić information content (AvgIpc) is 3.16. The zero-order valence-corrected chi connectivity index (χ0v) is 16.0. The first-order valence-corrected chi connectivity index (χ1v) is 9.98. The van der Waals surface area contributed by atoms with E-state index in [1.165, 1.54) is 17.1 Å². The van der Waals surface area contributed by atoms with E-state index in [0.717, 1.165) is 50.4 Å². The van der Waals surface area contributed by atoms with Crippen molar-refractivity contribution in [3.8, 4) is 17.1 Å². The molecule has 3 heterocycles. The van der Waals surface area contributed by atoms with E-state index in [1.807, 2.05) is 12.1 Å². The molecule has 2 aromatic rings. The van der Waals surface area contributed by atoms with Crippen molar-refractivity contribution in [3.63, 3.8) is 0 Å². The Morgan fingerprint density at radius 2 is 2.07 bits per heavy atom. The van der Waals surface area contributed by atoms with E-state index < -0.39 is 0 Å². The quantitative estimate of drug-likeness (QED) is 0.852. The van der Waals surface area contributed by atoms with Crippen molar-refractivity contribution in [2.45, 2.75) is 19.8 Å². The summed E-state index contributed by atoms with van der Waals surface area (Å²) in [6.45, 7) is 5.96. The summed E-state index contributed by atoms with van der Waals surface area (Å²) in [5, 5.41) is 23.0. The predicted molar refractivity (Wildman–Crippen MR) is 108 cm³/mol. The standard InChI is InChI=1S/C19H22N6OS/c1-2-13-9-16(22-23-18(10-13)25-7-5-20-6-8-25)15-4-3-14(11-17(15)26)19-21-12-27-24-19/h3-4,9,11-12,20,26H,2,5-8,10H2,1H3. The Labute approximate surface area is 162 Å². The molecule has 0 radical (unpaired) electrons. The van der Waals surface area contributed by atoms with E-state index in [4.69, 9.17) is 0 Å². The minimum absolute atomic E-state index is 0.161. The van der Waals surface area contributed by atoms with Gasteiger partial charge in [-0.25, -0.2) is 4.98 Å². The normalized spacial score (nSPS) is 17.8. The van der Waals surface area contributed by atoms with Gasteiger partial charge in [0.15, 0.2) is 5.82 Å². The molecule has 1 saturated heterocycles. The van der Waals surface area contributed by atoms with E-state index in [1.54, 1.807) is 11.6 Å². The lowest BCUT2D eigenvalue weighted by molar-refractivity contribution is 0.352. The predicted octanol–water partition coefficient (Wildman–Crippen LogP) is 2.66. The summed E-state index contributed by atoms with van der Waals surface area (Å²) in [6.07, 6.45) is 3.77. The lowest BCUT2D eigenvalue weighted by atomic mass is 10.0. The first-order chi connectivity index (χ1) is 13.2. The Bertz CT molecular complexity index is 897. The van der Waals surface area contributed by atoms with Crippen molar-refractivity contribution < 1.29 is 5.11 Å². The molecule has 0 unspecified atom stereocenters. The van der Waals surface area contributed by atoms with Crippen LogP contribution in [0.15, 0.2) is 45.6 Å². The van der Waals surface area contributed by atoms with Gasteiger partial charge in [0, 0.05) is 43.7 Å². The number of benzene rings is 1. The number of aromatic hydroxyl groups is 1. The van der Waals surface area contributed by atoms with Crippen LogP contribution in [0.2, 0.25) is 0 Å². The number of rotatable bonds is 3. The van der Waals surface area contributed by atoms with E-state index in [2.05, 4.69) is 42.8 Å².